The first-order chi connectivity index (χ1) is 14.8. The molecule has 0 aliphatic rings. The van der Waals surface area contributed by atoms with Crippen LogP contribution in [-0.2, 0) is 16.0 Å². The molecule has 0 spiro atoms. The van der Waals surface area contributed by atoms with Crippen molar-refractivity contribution in [3.05, 3.63) is 64.6 Å². The number of nitrogens with zero attached hydrogens (tertiary/aromatic N) is 1. The molecule has 2 amide bonds. The van der Waals surface area contributed by atoms with E-state index in [0.717, 1.165) is 0 Å². The molecule has 3 aromatic rings. The van der Waals surface area contributed by atoms with Gasteiger partial charge in [-0.2, -0.15) is 0 Å². The zero-order valence-electron chi connectivity index (χ0n) is 17.2. The largest absolute Gasteiger partial charge is 0.441 e. The second-order valence-electron chi connectivity index (χ2n) is 7.51. The van der Waals surface area contributed by atoms with Gasteiger partial charge in [0.25, 0.3) is 0 Å². The summed E-state index contributed by atoms with van der Waals surface area (Å²) in [5.74, 6) is 1.06. The van der Waals surface area contributed by atoms with E-state index in [9.17, 15) is 9.59 Å². The fourth-order valence-electron chi connectivity index (χ4n) is 2.90. The molecule has 6 nitrogen and oxygen atoms in total. The smallest absolute Gasteiger partial charge is 0.224 e. The molecule has 0 unspecified atom stereocenters. The molecule has 1 heterocycles. The Morgan fingerprint density at radius 3 is 2.26 bits per heavy atom. The van der Waals surface area contributed by atoms with Crippen LogP contribution in [-0.4, -0.2) is 16.8 Å². The summed E-state index contributed by atoms with van der Waals surface area (Å²) < 4.78 is 5.71. The first-order valence-electron chi connectivity index (χ1n) is 9.90. The standard InChI is InChI=1S/C23H23Cl2N3O3/c1-14(2)11-22(30)28-17-6-4-16(5-7-17)27-21(29)9-10-23-26-13-20(31-23)18-8-3-15(24)12-19(18)25/h3-8,12-14H,9-11H2,1-2H3,(H,27,29)(H,28,30). The monoisotopic (exact) mass is 459 g/mol. The highest BCUT2D eigenvalue weighted by Crippen LogP contribution is 2.30. The number of anilines is 2. The predicted octanol–water partition coefficient (Wildman–Crippen LogP) is 6.20. The number of aryl methyl sites for hydroxylation is 1. The molecule has 0 radical (unpaired) electrons. The molecule has 0 atom stereocenters. The molecule has 31 heavy (non-hydrogen) atoms. The summed E-state index contributed by atoms with van der Waals surface area (Å²) >= 11 is 12.1. The number of hydrogen-bond acceptors (Lipinski definition) is 4. The van der Waals surface area contributed by atoms with E-state index in [2.05, 4.69) is 15.6 Å². The highest BCUT2D eigenvalue weighted by atomic mass is 35.5. The summed E-state index contributed by atoms with van der Waals surface area (Å²) in [6, 6.07) is 12.1. The molecule has 0 bridgehead atoms. The van der Waals surface area contributed by atoms with Gasteiger partial charge in [-0.15, -0.1) is 0 Å². The van der Waals surface area contributed by atoms with Crippen LogP contribution >= 0.6 is 23.2 Å². The molecule has 0 saturated heterocycles. The predicted molar refractivity (Wildman–Crippen MR) is 123 cm³/mol. The minimum atomic E-state index is -0.166. The Labute approximate surface area is 191 Å². The van der Waals surface area contributed by atoms with Gasteiger partial charge in [0.2, 0.25) is 11.8 Å². The summed E-state index contributed by atoms with van der Waals surface area (Å²) in [5, 5.41) is 6.66. The van der Waals surface area contributed by atoms with E-state index in [1.54, 1.807) is 48.7 Å². The molecule has 0 saturated carbocycles. The maximum absolute atomic E-state index is 12.3. The maximum atomic E-state index is 12.3. The van der Waals surface area contributed by atoms with Crippen molar-refractivity contribution in [1.82, 2.24) is 4.98 Å². The summed E-state index contributed by atoms with van der Waals surface area (Å²) in [6.07, 6.45) is 2.60. The van der Waals surface area contributed by atoms with Gasteiger partial charge in [-0.25, -0.2) is 4.98 Å². The van der Waals surface area contributed by atoms with Crippen LogP contribution in [0.3, 0.4) is 0 Å². The van der Waals surface area contributed by atoms with Crippen molar-refractivity contribution in [2.75, 3.05) is 10.6 Å². The van der Waals surface area contributed by atoms with Crippen LogP contribution in [0.4, 0.5) is 11.4 Å². The zero-order chi connectivity index (χ0) is 22.4. The van der Waals surface area contributed by atoms with Gasteiger partial charge in [0.05, 0.1) is 11.2 Å². The Kier molecular flexibility index (Phi) is 7.71. The fraction of sp³-hybridized carbons (Fsp3) is 0.261. The number of nitrogens with one attached hydrogen (secondary N) is 2. The van der Waals surface area contributed by atoms with Crippen LogP contribution in [0.15, 0.2) is 53.1 Å². The molecule has 8 heteroatoms. The first kappa shape index (κ1) is 22.8. The van der Waals surface area contributed by atoms with Crippen LogP contribution in [0.5, 0.6) is 0 Å². The van der Waals surface area contributed by atoms with Gasteiger partial charge in [-0.05, 0) is 48.4 Å². The third-order valence-electron chi connectivity index (χ3n) is 4.36. The summed E-state index contributed by atoms with van der Waals surface area (Å²) in [7, 11) is 0. The number of rotatable bonds is 8. The number of carbonyl (C=O) groups is 2. The third-order valence-corrected chi connectivity index (χ3v) is 4.91. The number of amides is 2. The van der Waals surface area contributed by atoms with E-state index < -0.39 is 0 Å². The molecule has 162 valence electrons. The normalized spacial score (nSPS) is 10.9. The van der Waals surface area contributed by atoms with E-state index in [1.807, 2.05) is 13.8 Å². The molecule has 0 aliphatic heterocycles. The molecular weight excluding hydrogens is 437 g/mol. The average molecular weight is 460 g/mol. The van der Waals surface area contributed by atoms with Crippen molar-refractivity contribution < 1.29 is 14.0 Å². The van der Waals surface area contributed by atoms with Crippen LogP contribution in [0.25, 0.3) is 11.3 Å². The molecule has 2 aromatic carbocycles. The van der Waals surface area contributed by atoms with Crippen molar-refractivity contribution in [1.29, 1.82) is 0 Å². The van der Waals surface area contributed by atoms with Crippen LogP contribution < -0.4 is 10.6 Å². The van der Waals surface area contributed by atoms with Crippen molar-refractivity contribution >= 4 is 46.4 Å². The van der Waals surface area contributed by atoms with Crippen LogP contribution in [0.1, 0.15) is 32.6 Å². The van der Waals surface area contributed by atoms with Crippen molar-refractivity contribution in [3.63, 3.8) is 0 Å². The number of carbonyl (C=O) groups excluding carboxylic acids is 2. The van der Waals surface area contributed by atoms with Crippen molar-refractivity contribution in [2.24, 2.45) is 5.92 Å². The zero-order valence-corrected chi connectivity index (χ0v) is 18.8. The topological polar surface area (TPSA) is 84.2 Å². The highest BCUT2D eigenvalue weighted by molar-refractivity contribution is 6.36. The third kappa shape index (κ3) is 6.84. The van der Waals surface area contributed by atoms with Crippen LogP contribution in [0.2, 0.25) is 10.0 Å². The lowest BCUT2D eigenvalue weighted by atomic mass is 10.1. The SMILES string of the molecule is CC(C)CC(=O)Nc1ccc(NC(=O)CCc2ncc(-c3ccc(Cl)cc3Cl)o2)cc1. The molecule has 1 aromatic heterocycles. The molecular formula is C23H23Cl2N3O3. The van der Waals surface area contributed by atoms with E-state index in [-0.39, 0.29) is 18.2 Å². The quantitative estimate of drug-likeness (QED) is 0.419. The van der Waals surface area contributed by atoms with Crippen molar-refractivity contribution in [2.45, 2.75) is 33.1 Å². The summed E-state index contributed by atoms with van der Waals surface area (Å²) in [4.78, 5) is 28.3. The van der Waals surface area contributed by atoms with Gasteiger partial charge in [-0.1, -0.05) is 37.0 Å². The van der Waals surface area contributed by atoms with Gasteiger partial charge in [0.1, 0.15) is 0 Å². The number of oxazole rings is 1. The Balaban J connectivity index is 1.50. The minimum absolute atomic E-state index is 0.0306. The van der Waals surface area contributed by atoms with Crippen LogP contribution in [0, 0.1) is 5.92 Å². The van der Waals surface area contributed by atoms with E-state index in [1.165, 1.54) is 0 Å². The fourth-order valence-corrected chi connectivity index (χ4v) is 3.40. The minimum Gasteiger partial charge on any atom is -0.441 e. The summed E-state index contributed by atoms with van der Waals surface area (Å²) in [6.45, 7) is 3.98. The van der Waals surface area contributed by atoms with E-state index >= 15 is 0 Å². The van der Waals surface area contributed by atoms with Gasteiger partial charge >= 0.3 is 0 Å². The molecule has 0 aliphatic carbocycles. The number of hydrogen-bond donors (Lipinski definition) is 2. The molecule has 3 rings (SSSR count). The highest BCUT2D eigenvalue weighted by Gasteiger charge is 2.12. The second-order valence-corrected chi connectivity index (χ2v) is 8.36. The Morgan fingerprint density at radius 1 is 1.00 bits per heavy atom. The Bertz CT molecular complexity index is 1060. The van der Waals surface area contributed by atoms with E-state index in [0.29, 0.717) is 57.4 Å². The molecule has 0 fully saturated rings. The molecule has 2 N–H and O–H groups in total. The number of benzene rings is 2. The second kappa shape index (κ2) is 10.5. The number of halogens is 2. The first-order valence-corrected chi connectivity index (χ1v) is 10.7. The lowest BCUT2D eigenvalue weighted by Crippen LogP contribution is -2.14. The average Bonchev–Trinajstić information content (AvgIpc) is 3.16. The van der Waals surface area contributed by atoms with Gasteiger partial charge in [0.15, 0.2) is 11.7 Å². The maximum Gasteiger partial charge on any atom is 0.224 e. The lowest BCUT2D eigenvalue weighted by Gasteiger charge is -2.09. The Morgan fingerprint density at radius 2 is 1.65 bits per heavy atom. The van der Waals surface area contributed by atoms with Gasteiger partial charge in [0, 0.05) is 41.2 Å². The number of aromatic nitrogens is 1. The van der Waals surface area contributed by atoms with E-state index in [4.69, 9.17) is 27.6 Å². The van der Waals surface area contributed by atoms with Gasteiger partial charge in [-0.3, -0.25) is 9.59 Å². The Hall–Kier alpha value is -2.83. The lowest BCUT2D eigenvalue weighted by molar-refractivity contribution is -0.117. The van der Waals surface area contributed by atoms with Gasteiger partial charge < -0.3 is 15.1 Å². The summed E-state index contributed by atoms with van der Waals surface area (Å²) in [5.41, 5.74) is 2.03. The van der Waals surface area contributed by atoms with Crippen molar-refractivity contribution in [3.8, 4) is 11.3 Å².